The number of hydrogen-bond acceptors (Lipinski definition) is 4. The van der Waals surface area contributed by atoms with Crippen LogP contribution in [0.1, 0.15) is 30.9 Å². The second-order valence-electron chi connectivity index (χ2n) is 4.64. The molecule has 4 nitrogen and oxygen atoms in total. The van der Waals surface area contributed by atoms with Crippen molar-refractivity contribution in [2.45, 2.75) is 26.7 Å². The van der Waals surface area contributed by atoms with Crippen LogP contribution in [-0.4, -0.2) is 12.3 Å². The third-order valence-corrected chi connectivity index (χ3v) is 3.08. The predicted octanol–water partition coefficient (Wildman–Crippen LogP) is 3.36. The van der Waals surface area contributed by atoms with Crippen molar-refractivity contribution in [3.8, 4) is 16.9 Å². The number of nitrogen functional groups attached to an aromatic ring is 1. The second kappa shape index (κ2) is 4.72. The molecule has 0 aliphatic carbocycles. The molecule has 2 rings (SSSR count). The van der Waals surface area contributed by atoms with Gasteiger partial charge in [-0.25, -0.2) is 0 Å². The monoisotopic (exact) mass is 246 g/mol. The third-order valence-electron chi connectivity index (χ3n) is 3.08. The lowest BCUT2D eigenvalue weighted by atomic mass is 9.91. The van der Waals surface area contributed by atoms with Crippen molar-refractivity contribution in [1.82, 2.24) is 5.16 Å². The van der Waals surface area contributed by atoms with Gasteiger partial charge < -0.3 is 15.0 Å². The summed E-state index contributed by atoms with van der Waals surface area (Å²) >= 11 is 0. The van der Waals surface area contributed by atoms with E-state index < -0.39 is 0 Å². The summed E-state index contributed by atoms with van der Waals surface area (Å²) in [5.41, 5.74) is 9.84. The van der Waals surface area contributed by atoms with Gasteiger partial charge in [-0.05, 0) is 24.0 Å². The first-order valence-corrected chi connectivity index (χ1v) is 5.94. The van der Waals surface area contributed by atoms with Gasteiger partial charge in [-0.2, -0.15) is 0 Å². The molecule has 0 atom stereocenters. The minimum absolute atomic E-state index is 0.320. The van der Waals surface area contributed by atoms with E-state index in [0.717, 1.165) is 22.4 Å². The molecule has 2 N–H and O–H groups in total. The van der Waals surface area contributed by atoms with Crippen molar-refractivity contribution in [2.75, 3.05) is 12.8 Å². The SMILES string of the molecule is COc1c(C)ccc(C(C)C)c1-c1cnoc1N. The number of methoxy groups -OCH3 is 1. The highest BCUT2D eigenvalue weighted by atomic mass is 16.5. The van der Waals surface area contributed by atoms with Crippen LogP contribution in [0.25, 0.3) is 11.1 Å². The quantitative estimate of drug-likeness (QED) is 0.902. The Balaban J connectivity index is 2.77. The normalized spacial score (nSPS) is 10.9. The fourth-order valence-corrected chi connectivity index (χ4v) is 2.16. The molecule has 1 heterocycles. The Morgan fingerprint density at radius 2 is 2.06 bits per heavy atom. The number of benzene rings is 1. The molecular weight excluding hydrogens is 228 g/mol. The fourth-order valence-electron chi connectivity index (χ4n) is 2.16. The predicted molar refractivity (Wildman–Crippen MR) is 71.7 cm³/mol. The van der Waals surface area contributed by atoms with E-state index in [1.165, 1.54) is 5.56 Å². The molecule has 2 aromatic rings. The highest BCUT2D eigenvalue weighted by molar-refractivity contribution is 5.81. The molecule has 0 spiro atoms. The second-order valence-corrected chi connectivity index (χ2v) is 4.64. The summed E-state index contributed by atoms with van der Waals surface area (Å²) in [4.78, 5) is 0. The van der Waals surface area contributed by atoms with Crippen LogP contribution in [0.3, 0.4) is 0 Å². The number of ether oxygens (including phenoxy) is 1. The topological polar surface area (TPSA) is 61.3 Å². The zero-order valence-electron chi connectivity index (χ0n) is 11.2. The third kappa shape index (κ3) is 1.94. The van der Waals surface area contributed by atoms with Crippen LogP contribution in [0.4, 0.5) is 5.88 Å². The van der Waals surface area contributed by atoms with E-state index >= 15 is 0 Å². The lowest BCUT2D eigenvalue weighted by molar-refractivity contribution is 0.412. The van der Waals surface area contributed by atoms with Gasteiger partial charge in [-0.3, -0.25) is 0 Å². The van der Waals surface area contributed by atoms with Crippen LogP contribution in [0.15, 0.2) is 22.9 Å². The molecule has 1 aromatic carbocycles. The molecule has 0 aliphatic rings. The molecule has 18 heavy (non-hydrogen) atoms. The molecule has 4 heteroatoms. The lowest BCUT2D eigenvalue weighted by Crippen LogP contribution is -1.99. The van der Waals surface area contributed by atoms with Gasteiger partial charge in [0.15, 0.2) is 0 Å². The number of nitrogens with zero attached hydrogens (tertiary/aromatic N) is 1. The number of rotatable bonds is 3. The molecule has 0 saturated carbocycles. The molecule has 0 unspecified atom stereocenters. The first-order chi connectivity index (χ1) is 8.56. The molecule has 1 aromatic heterocycles. The Labute approximate surface area is 107 Å². The van der Waals surface area contributed by atoms with Crippen molar-refractivity contribution in [1.29, 1.82) is 0 Å². The summed E-state index contributed by atoms with van der Waals surface area (Å²) < 4.78 is 10.5. The molecule has 0 radical (unpaired) electrons. The van der Waals surface area contributed by atoms with Gasteiger partial charge in [-0.15, -0.1) is 0 Å². The van der Waals surface area contributed by atoms with Gasteiger partial charge in [0.2, 0.25) is 5.88 Å². The maximum atomic E-state index is 5.83. The Morgan fingerprint density at radius 3 is 2.56 bits per heavy atom. The van der Waals surface area contributed by atoms with E-state index in [2.05, 4.69) is 31.1 Å². The Bertz CT molecular complexity index is 559. The van der Waals surface area contributed by atoms with Gasteiger partial charge in [-0.1, -0.05) is 31.1 Å². The van der Waals surface area contributed by atoms with Crippen LogP contribution < -0.4 is 10.5 Å². The summed E-state index contributed by atoms with van der Waals surface area (Å²) in [5, 5.41) is 3.75. The highest BCUT2D eigenvalue weighted by Gasteiger charge is 2.20. The standard InChI is InChI=1S/C14H18N2O2/c1-8(2)10-6-5-9(3)13(17-4)12(10)11-7-16-18-14(11)15/h5-8H,15H2,1-4H3. The van der Waals surface area contributed by atoms with E-state index in [4.69, 9.17) is 15.0 Å². The minimum Gasteiger partial charge on any atom is -0.496 e. The minimum atomic E-state index is 0.320. The zero-order chi connectivity index (χ0) is 13.3. The van der Waals surface area contributed by atoms with Crippen molar-refractivity contribution in [3.63, 3.8) is 0 Å². The summed E-state index contributed by atoms with van der Waals surface area (Å²) in [6.07, 6.45) is 1.64. The van der Waals surface area contributed by atoms with Gasteiger partial charge in [0.05, 0.1) is 18.9 Å². The number of nitrogens with two attached hydrogens (primary N) is 1. The van der Waals surface area contributed by atoms with Gasteiger partial charge in [0.1, 0.15) is 5.75 Å². The van der Waals surface area contributed by atoms with Crippen molar-refractivity contribution < 1.29 is 9.26 Å². The summed E-state index contributed by atoms with van der Waals surface area (Å²) in [6.45, 7) is 6.28. The van der Waals surface area contributed by atoms with Crippen molar-refractivity contribution in [3.05, 3.63) is 29.5 Å². The molecule has 0 fully saturated rings. The number of anilines is 1. The maximum Gasteiger partial charge on any atom is 0.230 e. The molecule has 96 valence electrons. The lowest BCUT2D eigenvalue weighted by Gasteiger charge is -2.17. The summed E-state index contributed by atoms with van der Waals surface area (Å²) in [7, 11) is 1.67. The van der Waals surface area contributed by atoms with Crippen LogP contribution >= 0.6 is 0 Å². The Morgan fingerprint density at radius 1 is 1.33 bits per heavy atom. The number of aryl methyl sites for hydroxylation is 1. The summed E-state index contributed by atoms with van der Waals surface area (Å²) in [6, 6.07) is 4.16. The van der Waals surface area contributed by atoms with Gasteiger partial charge in [0, 0.05) is 5.56 Å². The van der Waals surface area contributed by atoms with Gasteiger partial charge in [0.25, 0.3) is 0 Å². The number of hydrogen-bond donors (Lipinski definition) is 1. The highest BCUT2D eigenvalue weighted by Crippen LogP contribution is 2.41. The van der Waals surface area contributed by atoms with E-state index in [1.54, 1.807) is 13.3 Å². The average molecular weight is 246 g/mol. The van der Waals surface area contributed by atoms with E-state index in [0.29, 0.717) is 11.8 Å². The van der Waals surface area contributed by atoms with Crippen molar-refractivity contribution in [2.24, 2.45) is 0 Å². The fraction of sp³-hybridized carbons (Fsp3) is 0.357. The molecule has 0 saturated heterocycles. The first kappa shape index (κ1) is 12.5. The zero-order valence-corrected chi connectivity index (χ0v) is 11.2. The Hall–Kier alpha value is -1.97. The van der Waals surface area contributed by atoms with Crippen LogP contribution in [-0.2, 0) is 0 Å². The maximum absolute atomic E-state index is 5.83. The van der Waals surface area contributed by atoms with Crippen LogP contribution in [0.2, 0.25) is 0 Å². The van der Waals surface area contributed by atoms with Crippen LogP contribution in [0.5, 0.6) is 5.75 Å². The summed E-state index contributed by atoms with van der Waals surface area (Å²) in [5.74, 6) is 1.51. The van der Waals surface area contributed by atoms with Crippen LogP contribution in [0, 0.1) is 6.92 Å². The largest absolute Gasteiger partial charge is 0.496 e. The van der Waals surface area contributed by atoms with E-state index in [-0.39, 0.29) is 0 Å². The van der Waals surface area contributed by atoms with Crippen molar-refractivity contribution >= 4 is 5.88 Å². The molecule has 0 amide bonds. The molecule has 0 aliphatic heterocycles. The smallest absolute Gasteiger partial charge is 0.230 e. The Kier molecular flexibility index (Phi) is 3.28. The number of aromatic nitrogens is 1. The first-order valence-electron chi connectivity index (χ1n) is 5.94. The molecule has 0 bridgehead atoms. The molecular formula is C14H18N2O2. The average Bonchev–Trinajstić information content (AvgIpc) is 2.74. The van der Waals surface area contributed by atoms with E-state index in [9.17, 15) is 0 Å². The van der Waals surface area contributed by atoms with E-state index in [1.807, 2.05) is 6.92 Å². The van der Waals surface area contributed by atoms with Gasteiger partial charge >= 0.3 is 0 Å².